The normalized spacial score (nSPS) is 11.8. The zero-order chi connectivity index (χ0) is 22.5. The van der Waals surface area contributed by atoms with E-state index in [1.807, 2.05) is 12.1 Å². The summed E-state index contributed by atoms with van der Waals surface area (Å²) >= 11 is 12.7. The van der Waals surface area contributed by atoms with Crippen molar-refractivity contribution < 1.29 is 19.4 Å². The molecule has 1 atom stereocenters. The molecule has 0 spiro atoms. The lowest BCUT2D eigenvalue weighted by Gasteiger charge is -2.16. The van der Waals surface area contributed by atoms with E-state index in [0.717, 1.165) is 11.3 Å². The number of amides is 1. The van der Waals surface area contributed by atoms with Crippen molar-refractivity contribution >= 4 is 34.8 Å². The maximum atomic E-state index is 12.4. The van der Waals surface area contributed by atoms with Crippen LogP contribution in [-0.4, -0.2) is 23.1 Å². The van der Waals surface area contributed by atoms with Crippen LogP contribution in [0.4, 0.5) is 5.69 Å². The zero-order valence-electron chi connectivity index (χ0n) is 17.2. The summed E-state index contributed by atoms with van der Waals surface area (Å²) in [7, 11) is 1.62. The number of pyridine rings is 1. The van der Waals surface area contributed by atoms with Crippen LogP contribution >= 0.6 is 23.2 Å². The number of carbonyl (C=O) groups is 1. The van der Waals surface area contributed by atoms with Gasteiger partial charge < -0.3 is 19.9 Å². The van der Waals surface area contributed by atoms with Crippen molar-refractivity contribution in [3.8, 4) is 17.2 Å². The van der Waals surface area contributed by atoms with Gasteiger partial charge in [0.1, 0.15) is 11.5 Å². The quantitative estimate of drug-likeness (QED) is 0.452. The summed E-state index contributed by atoms with van der Waals surface area (Å²) < 4.78 is 11.3. The van der Waals surface area contributed by atoms with Crippen molar-refractivity contribution in [1.82, 2.24) is 4.98 Å². The number of hydrogen-bond donors (Lipinski definition) is 2. The molecule has 0 saturated heterocycles. The van der Waals surface area contributed by atoms with Crippen molar-refractivity contribution in [3.63, 3.8) is 0 Å². The summed E-state index contributed by atoms with van der Waals surface area (Å²) in [5.41, 5.74) is 1.69. The molecule has 162 valence electrons. The molecule has 3 rings (SSSR count). The maximum absolute atomic E-state index is 12.4. The Labute approximate surface area is 190 Å². The second-order valence-electron chi connectivity index (χ2n) is 7.11. The number of benzene rings is 2. The van der Waals surface area contributed by atoms with Crippen molar-refractivity contribution in [2.45, 2.75) is 25.9 Å². The highest BCUT2D eigenvalue weighted by molar-refractivity contribution is 6.37. The standard InChI is InChI=1S/C23H22Cl2N2O4/c1-13(2)17-11-16(6-7-20(17)30-3)31-22-18(24)9-15(10-19(22)25)27-23(29)21(28)14-5-4-8-26-12-14/h4-13,21,28H,1-3H3,(H,27,29). The Morgan fingerprint density at radius 3 is 2.42 bits per heavy atom. The monoisotopic (exact) mass is 460 g/mol. The van der Waals surface area contributed by atoms with E-state index in [2.05, 4.69) is 24.1 Å². The number of nitrogens with one attached hydrogen (secondary N) is 1. The first-order chi connectivity index (χ1) is 14.8. The van der Waals surface area contributed by atoms with E-state index in [9.17, 15) is 9.90 Å². The lowest BCUT2D eigenvalue weighted by Crippen LogP contribution is -2.20. The molecule has 1 unspecified atom stereocenters. The van der Waals surface area contributed by atoms with Crippen molar-refractivity contribution in [2.24, 2.45) is 0 Å². The molecule has 0 bridgehead atoms. The van der Waals surface area contributed by atoms with E-state index in [1.165, 1.54) is 18.3 Å². The van der Waals surface area contributed by atoms with Gasteiger partial charge in [-0.15, -0.1) is 0 Å². The van der Waals surface area contributed by atoms with E-state index >= 15 is 0 Å². The molecule has 1 heterocycles. The Morgan fingerprint density at radius 1 is 1.13 bits per heavy atom. The van der Waals surface area contributed by atoms with Crippen molar-refractivity contribution in [1.29, 1.82) is 0 Å². The lowest BCUT2D eigenvalue weighted by molar-refractivity contribution is -0.124. The number of hydrogen-bond acceptors (Lipinski definition) is 5. The molecule has 0 saturated carbocycles. The second-order valence-corrected chi connectivity index (χ2v) is 7.92. The van der Waals surface area contributed by atoms with Crippen LogP contribution in [0, 0.1) is 0 Å². The topological polar surface area (TPSA) is 80.7 Å². The van der Waals surface area contributed by atoms with Gasteiger partial charge in [0.05, 0.1) is 17.2 Å². The Balaban J connectivity index is 1.79. The molecule has 3 aromatic rings. The van der Waals surface area contributed by atoms with E-state index in [0.29, 0.717) is 17.0 Å². The summed E-state index contributed by atoms with van der Waals surface area (Å²) in [6, 6.07) is 11.7. The third kappa shape index (κ3) is 5.47. The van der Waals surface area contributed by atoms with Gasteiger partial charge in [-0.25, -0.2) is 0 Å². The molecular formula is C23H22Cl2N2O4. The van der Waals surface area contributed by atoms with Crippen LogP contribution in [0.3, 0.4) is 0 Å². The maximum Gasteiger partial charge on any atom is 0.257 e. The third-order valence-corrected chi connectivity index (χ3v) is 5.12. The second kappa shape index (κ2) is 10.0. The van der Waals surface area contributed by atoms with Crippen LogP contribution in [0.1, 0.15) is 37.0 Å². The fourth-order valence-corrected chi connectivity index (χ4v) is 3.54. The SMILES string of the molecule is COc1ccc(Oc2c(Cl)cc(NC(=O)C(O)c3cccnc3)cc2Cl)cc1C(C)C. The van der Waals surface area contributed by atoms with Gasteiger partial charge in [-0.1, -0.05) is 43.1 Å². The number of rotatable bonds is 7. The number of methoxy groups -OCH3 is 1. The van der Waals surface area contributed by atoms with Gasteiger partial charge >= 0.3 is 0 Å². The van der Waals surface area contributed by atoms with E-state index in [-0.39, 0.29) is 21.7 Å². The van der Waals surface area contributed by atoms with Crippen LogP contribution in [0.25, 0.3) is 0 Å². The fourth-order valence-electron chi connectivity index (χ4n) is 2.97. The zero-order valence-corrected chi connectivity index (χ0v) is 18.7. The molecule has 0 aliphatic heterocycles. The van der Waals surface area contributed by atoms with Crippen LogP contribution in [-0.2, 0) is 4.79 Å². The average Bonchev–Trinajstić information content (AvgIpc) is 2.76. The largest absolute Gasteiger partial charge is 0.496 e. The Morgan fingerprint density at radius 2 is 1.84 bits per heavy atom. The number of ether oxygens (including phenoxy) is 2. The number of carbonyl (C=O) groups excluding carboxylic acids is 1. The van der Waals surface area contributed by atoms with Gasteiger partial charge in [0.25, 0.3) is 5.91 Å². The fraction of sp³-hybridized carbons (Fsp3) is 0.217. The lowest BCUT2D eigenvalue weighted by atomic mass is 10.0. The Bertz CT molecular complexity index is 1050. The molecular weight excluding hydrogens is 439 g/mol. The summed E-state index contributed by atoms with van der Waals surface area (Å²) in [6.07, 6.45) is 1.59. The van der Waals surface area contributed by atoms with E-state index in [1.54, 1.807) is 31.5 Å². The molecule has 1 amide bonds. The van der Waals surface area contributed by atoms with Gasteiger partial charge in [-0.3, -0.25) is 9.78 Å². The highest BCUT2D eigenvalue weighted by atomic mass is 35.5. The molecule has 6 nitrogen and oxygen atoms in total. The molecule has 1 aromatic heterocycles. The molecule has 8 heteroatoms. The summed E-state index contributed by atoms with van der Waals surface area (Å²) in [5.74, 6) is 1.18. The molecule has 0 aliphatic carbocycles. The first-order valence-electron chi connectivity index (χ1n) is 9.53. The summed E-state index contributed by atoms with van der Waals surface area (Å²) in [5, 5.41) is 13.2. The highest BCUT2D eigenvalue weighted by Gasteiger charge is 2.19. The number of halogens is 2. The van der Waals surface area contributed by atoms with Gasteiger partial charge in [0.2, 0.25) is 0 Å². The smallest absolute Gasteiger partial charge is 0.257 e. The van der Waals surface area contributed by atoms with Gasteiger partial charge in [0.15, 0.2) is 11.9 Å². The van der Waals surface area contributed by atoms with Crippen LogP contribution in [0.2, 0.25) is 10.0 Å². The van der Waals surface area contributed by atoms with Gasteiger partial charge in [0, 0.05) is 29.2 Å². The molecule has 2 aromatic carbocycles. The van der Waals surface area contributed by atoms with E-state index in [4.69, 9.17) is 32.7 Å². The number of nitrogens with zero attached hydrogens (tertiary/aromatic N) is 1. The number of anilines is 1. The predicted molar refractivity (Wildman–Crippen MR) is 121 cm³/mol. The summed E-state index contributed by atoms with van der Waals surface area (Å²) in [4.78, 5) is 16.3. The molecule has 2 N–H and O–H groups in total. The minimum atomic E-state index is -1.38. The van der Waals surface area contributed by atoms with Gasteiger partial charge in [-0.2, -0.15) is 0 Å². The van der Waals surface area contributed by atoms with Gasteiger partial charge in [-0.05, 0) is 42.3 Å². The minimum absolute atomic E-state index is 0.209. The Kier molecular flexibility index (Phi) is 7.38. The van der Waals surface area contributed by atoms with Crippen LogP contribution in [0.5, 0.6) is 17.2 Å². The first kappa shape index (κ1) is 22.9. The Hall–Kier alpha value is -2.80. The third-order valence-electron chi connectivity index (χ3n) is 4.56. The molecule has 0 fully saturated rings. The van der Waals surface area contributed by atoms with Crippen molar-refractivity contribution in [2.75, 3.05) is 12.4 Å². The number of aromatic nitrogens is 1. The molecule has 31 heavy (non-hydrogen) atoms. The van der Waals surface area contributed by atoms with Crippen LogP contribution < -0.4 is 14.8 Å². The van der Waals surface area contributed by atoms with Crippen molar-refractivity contribution in [3.05, 3.63) is 76.0 Å². The molecule has 0 radical (unpaired) electrons. The number of aliphatic hydroxyl groups is 1. The van der Waals surface area contributed by atoms with E-state index < -0.39 is 12.0 Å². The molecule has 0 aliphatic rings. The number of aliphatic hydroxyl groups excluding tert-OH is 1. The first-order valence-corrected chi connectivity index (χ1v) is 10.3. The van der Waals surface area contributed by atoms with Crippen LogP contribution in [0.15, 0.2) is 54.9 Å². The highest BCUT2D eigenvalue weighted by Crippen LogP contribution is 2.40. The summed E-state index contributed by atoms with van der Waals surface area (Å²) in [6.45, 7) is 4.11. The average molecular weight is 461 g/mol. The minimum Gasteiger partial charge on any atom is -0.496 e. The predicted octanol–water partition coefficient (Wildman–Crippen LogP) is 5.98.